The van der Waals surface area contributed by atoms with Crippen molar-refractivity contribution in [2.45, 2.75) is 42.4 Å². The van der Waals surface area contributed by atoms with Crippen LogP contribution in [0.4, 0.5) is 0 Å². The lowest BCUT2D eigenvalue weighted by molar-refractivity contribution is -0.141. The number of ether oxygens (including phenoxy) is 1. The van der Waals surface area contributed by atoms with Crippen molar-refractivity contribution in [3.63, 3.8) is 0 Å². The molecular weight excluding hydrogens is 621 g/mol. The third-order valence-corrected chi connectivity index (χ3v) is 16.4. The van der Waals surface area contributed by atoms with Crippen LogP contribution in [0.5, 0.6) is 0 Å². The zero-order valence-electron chi connectivity index (χ0n) is 27.5. The van der Waals surface area contributed by atoms with E-state index in [1.165, 1.54) is 60.3 Å². The van der Waals surface area contributed by atoms with Crippen molar-refractivity contribution in [3.8, 4) is 0 Å². The molecule has 0 radical (unpaired) electrons. The average molecular weight is 643 g/mol. The minimum atomic E-state index is -0.410. The van der Waals surface area contributed by atoms with E-state index < -0.39 is 5.41 Å². The fourth-order valence-electron chi connectivity index (χ4n) is 15.5. The summed E-state index contributed by atoms with van der Waals surface area (Å²) in [5, 5.41) is 31.0. The number of methoxy groups -OCH3 is 1. The van der Waals surface area contributed by atoms with E-state index >= 15 is 0 Å². The SMILES string of the molecule is COC(=O)CC1(c2ccccc2)C2c3cc4cc5c6c4c4c3c3c7c8c9c%10c(cc%11c%12c%13c(cc(c%14c%13c%13c(c%12%10)c9c3c4c%13c6%14)C5)C%11)CC8=CC721. The Kier molecular flexibility index (Phi) is 2.70. The molecule has 18 rings (SSSR count). The number of hydrogen-bond donors (Lipinski definition) is 0. The quantitative estimate of drug-likeness (QED) is 0.142. The molecule has 3 unspecified atom stereocenters. The van der Waals surface area contributed by atoms with Crippen molar-refractivity contribution >= 4 is 119 Å². The fraction of sp³-hybridized carbons (Fsp3) is 0.163. The lowest BCUT2D eigenvalue weighted by Gasteiger charge is -2.25. The van der Waals surface area contributed by atoms with Crippen molar-refractivity contribution in [2.75, 3.05) is 7.11 Å². The predicted octanol–water partition coefficient (Wildman–Crippen LogP) is 10.9. The zero-order chi connectivity index (χ0) is 32.1. The standard InChI is InChI=1S/C49H22O2/c1-51-25(50)15-48(23-5-3-2-4-6-23)47-24-13-21-11-18-9-19-8-16-7-17-10-20-12-22-14-49(47,48)46-32(22)37-31(20)36-27(17)26(16)34-30(19)35-28(18)29(21)38-33(24)45(46)44-42(37)40(36)39(34)41(35)43(38)44/h2-6,8,10-11,13-14,47H,7,9,12,15H2,1H3. The first-order valence-corrected chi connectivity index (χ1v) is 18.8. The summed E-state index contributed by atoms with van der Waals surface area (Å²) in [5.74, 6) is 0.0647. The van der Waals surface area contributed by atoms with Crippen LogP contribution in [0, 0.1) is 0 Å². The summed E-state index contributed by atoms with van der Waals surface area (Å²) in [4.78, 5) is 13.8. The van der Waals surface area contributed by atoms with E-state index in [0.29, 0.717) is 6.42 Å². The van der Waals surface area contributed by atoms with E-state index in [1.807, 2.05) is 0 Å². The number of fused-ring (bicyclic) bond motifs is 1. The van der Waals surface area contributed by atoms with Crippen LogP contribution >= 0.6 is 0 Å². The molecule has 0 N–H and O–H groups in total. The lowest BCUT2D eigenvalue weighted by Crippen LogP contribution is -2.24. The van der Waals surface area contributed by atoms with Crippen molar-refractivity contribution in [2.24, 2.45) is 0 Å². The molecule has 0 amide bonds. The van der Waals surface area contributed by atoms with Crippen LogP contribution in [0.2, 0.25) is 0 Å². The highest BCUT2D eigenvalue weighted by Gasteiger charge is 2.81. The average Bonchev–Trinajstić information content (AvgIpc) is 3.83. The van der Waals surface area contributed by atoms with E-state index in [2.05, 4.69) is 60.7 Å². The van der Waals surface area contributed by atoms with Gasteiger partial charge in [-0.2, -0.15) is 0 Å². The Balaban J connectivity index is 1.24. The van der Waals surface area contributed by atoms with E-state index in [4.69, 9.17) is 4.74 Å². The number of esters is 1. The molecule has 3 atom stereocenters. The zero-order valence-corrected chi connectivity index (χ0v) is 27.5. The van der Waals surface area contributed by atoms with Gasteiger partial charge in [-0.25, -0.2) is 0 Å². The van der Waals surface area contributed by atoms with Crippen molar-refractivity contribution in [3.05, 3.63) is 111 Å². The molecule has 230 valence electrons. The molecule has 0 aromatic heterocycles. The monoisotopic (exact) mass is 642 g/mol. The van der Waals surface area contributed by atoms with Gasteiger partial charge in [0.25, 0.3) is 0 Å². The molecule has 0 bridgehead atoms. The normalized spacial score (nSPS) is 24.6. The Morgan fingerprint density at radius 1 is 0.608 bits per heavy atom. The van der Waals surface area contributed by atoms with Crippen molar-refractivity contribution in [1.82, 2.24) is 0 Å². The van der Waals surface area contributed by atoms with Gasteiger partial charge in [-0.1, -0.05) is 60.7 Å². The summed E-state index contributed by atoms with van der Waals surface area (Å²) in [6, 6.07) is 21.5. The van der Waals surface area contributed by atoms with Crippen LogP contribution in [0.1, 0.15) is 62.4 Å². The number of carbonyl (C=O) groups is 1. The van der Waals surface area contributed by atoms with E-state index in [1.54, 1.807) is 110 Å². The van der Waals surface area contributed by atoms with E-state index in [9.17, 15) is 4.79 Å². The van der Waals surface area contributed by atoms with Gasteiger partial charge in [0.05, 0.1) is 13.5 Å². The van der Waals surface area contributed by atoms with Gasteiger partial charge >= 0.3 is 5.97 Å². The van der Waals surface area contributed by atoms with Gasteiger partial charge in [-0.3, -0.25) is 4.79 Å². The Hall–Kier alpha value is -5.73. The van der Waals surface area contributed by atoms with Crippen LogP contribution in [0.25, 0.3) is 113 Å². The number of rotatable bonds is 3. The van der Waals surface area contributed by atoms with Gasteiger partial charge in [0.2, 0.25) is 0 Å². The topological polar surface area (TPSA) is 26.3 Å². The first kappa shape index (κ1) is 22.9. The molecule has 1 saturated carbocycles. The predicted molar refractivity (Wildman–Crippen MR) is 206 cm³/mol. The maximum absolute atomic E-state index is 13.8. The second-order valence-electron chi connectivity index (χ2n) is 17.6. The molecule has 0 heterocycles. The van der Waals surface area contributed by atoms with Gasteiger partial charge in [-0.05, 0) is 183 Å². The van der Waals surface area contributed by atoms with Crippen LogP contribution in [-0.2, 0) is 39.6 Å². The van der Waals surface area contributed by atoms with E-state index in [-0.39, 0.29) is 17.3 Å². The van der Waals surface area contributed by atoms with Crippen molar-refractivity contribution < 1.29 is 9.53 Å². The van der Waals surface area contributed by atoms with Crippen LogP contribution in [-0.4, -0.2) is 13.1 Å². The summed E-state index contributed by atoms with van der Waals surface area (Å²) < 4.78 is 5.59. The summed E-state index contributed by atoms with van der Waals surface area (Å²) in [6.45, 7) is 0. The van der Waals surface area contributed by atoms with Crippen molar-refractivity contribution in [1.29, 1.82) is 0 Å². The van der Waals surface area contributed by atoms with Crippen LogP contribution in [0.3, 0.4) is 0 Å². The number of benzene rings is 8. The molecule has 0 saturated heterocycles. The fourth-order valence-corrected chi connectivity index (χ4v) is 15.5. The first-order chi connectivity index (χ1) is 25.2. The maximum Gasteiger partial charge on any atom is 0.306 e. The smallest absolute Gasteiger partial charge is 0.306 e. The molecule has 6 aliphatic carbocycles. The summed E-state index contributed by atoms with van der Waals surface area (Å²) in [7, 11) is 1.57. The largest absolute Gasteiger partial charge is 0.469 e. The van der Waals surface area contributed by atoms with Crippen LogP contribution < -0.4 is 0 Å². The summed E-state index contributed by atoms with van der Waals surface area (Å²) in [5.41, 5.74) is 14.3. The summed E-state index contributed by atoms with van der Waals surface area (Å²) in [6.07, 6.45) is 6.14. The molecule has 51 heavy (non-hydrogen) atoms. The Bertz CT molecular complexity index is 3860. The molecule has 1 fully saturated rings. The van der Waals surface area contributed by atoms with Gasteiger partial charge in [0.15, 0.2) is 0 Å². The Morgan fingerprint density at radius 3 is 1.86 bits per heavy atom. The number of allylic oxidation sites excluding steroid dienone is 2. The minimum absolute atomic E-state index is 0.107. The number of carbonyl (C=O) groups excluding carboxylic acids is 1. The molecule has 2 nitrogen and oxygen atoms in total. The third-order valence-electron chi connectivity index (χ3n) is 16.4. The van der Waals surface area contributed by atoms with Gasteiger partial charge in [-0.15, -0.1) is 0 Å². The second-order valence-corrected chi connectivity index (χ2v) is 17.6. The Labute approximate surface area is 288 Å². The van der Waals surface area contributed by atoms with Crippen LogP contribution in [0.15, 0.2) is 60.7 Å². The molecular formula is C49H22O2. The first-order valence-electron chi connectivity index (χ1n) is 18.8. The van der Waals surface area contributed by atoms with E-state index in [0.717, 1.165) is 19.3 Å². The second kappa shape index (κ2) is 6.03. The molecule has 2 heteroatoms. The minimum Gasteiger partial charge on any atom is -0.469 e. The van der Waals surface area contributed by atoms with Gasteiger partial charge in [0, 0.05) is 16.7 Å². The van der Waals surface area contributed by atoms with Gasteiger partial charge < -0.3 is 4.74 Å². The highest BCUT2D eigenvalue weighted by atomic mass is 16.5. The summed E-state index contributed by atoms with van der Waals surface area (Å²) >= 11 is 0. The Morgan fingerprint density at radius 2 is 1.16 bits per heavy atom. The third kappa shape index (κ3) is 1.68. The highest BCUT2D eigenvalue weighted by Crippen LogP contribution is 2.85. The lowest BCUT2D eigenvalue weighted by atomic mass is 9.77. The molecule has 0 aliphatic heterocycles. The molecule has 1 spiro atoms. The molecule has 12 aromatic rings. The highest BCUT2D eigenvalue weighted by molar-refractivity contribution is 6.64. The molecule has 12 aromatic carbocycles. The maximum atomic E-state index is 13.8. The molecule has 6 aliphatic rings. The van der Waals surface area contributed by atoms with Gasteiger partial charge in [0.1, 0.15) is 0 Å². The number of hydrogen-bond acceptors (Lipinski definition) is 2.